The summed E-state index contributed by atoms with van der Waals surface area (Å²) in [6.45, 7) is 5.58. The van der Waals surface area contributed by atoms with Crippen molar-refractivity contribution in [3.8, 4) is 0 Å². The lowest BCUT2D eigenvalue weighted by molar-refractivity contribution is 0.485. The summed E-state index contributed by atoms with van der Waals surface area (Å²) in [6, 6.07) is 10.3. The molecule has 2 heterocycles. The van der Waals surface area contributed by atoms with E-state index >= 15 is 0 Å². The highest BCUT2D eigenvalue weighted by atomic mass is 35.5. The van der Waals surface area contributed by atoms with Crippen LogP contribution in [-0.2, 0) is 22.9 Å². The highest BCUT2D eigenvalue weighted by Crippen LogP contribution is 2.26. The molecular formula is C17H24ClN3O2S. The van der Waals surface area contributed by atoms with Gasteiger partial charge in [0, 0.05) is 24.3 Å². The molecule has 24 heavy (non-hydrogen) atoms. The van der Waals surface area contributed by atoms with Crippen molar-refractivity contribution in [2.45, 2.75) is 39.4 Å². The molecule has 0 saturated carbocycles. The Labute approximate surface area is 149 Å². The number of nitrogens with one attached hydrogen (secondary N) is 1. The number of sulfone groups is 1. The molecule has 3 rings (SSSR count). The third-order valence-electron chi connectivity index (χ3n) is 4.50. The molecule has 1 saturated heterocycles. The summed E-state index contributed by atoms with van der Waals surface area (Å²) < 4.78 is 25.3. The zero-order valence-electron chi connectivity index (χ0n) is 14.0. The maximum atomic E-state index is 11.7. The Kier molecular flexibility index (Phi) is 6.06. The average molecular weight is 370 g/mol. The van der Waals surface area contributed by atoms with E-state index < -0.39 is 9.84 Å². The summed E-state index contributed by atoms with van der Waals surface area (Å²) in [4.78, 5) is 0. The summed E-state index contributed by atoms with van der Waals surface area (Å²) in [5, 5.41) is 8.04. The van der Waals surface area contributed by atoms with Crippen molar-refractivity contribution in [2.75, 3.05) is 11.5 Å². The van der Waals surface area contributed by atoms with Gasteiger partial charge in [0.05, 0.1) is 23.2 Å². The molecule has 0 radical (unpaired) electrons. The second-order valence-corrected chi connectivity index (χ2v) is 8.47. The van der Waals surface area contributed by atoms with Crippen LogP contribution < -0.4 is 5.32 Å². The molecular weight excluding hydrogens is 346 g/mol. The summed E-state index contributed by atoms with van der Waals surface area (Å²) in [5.74, 6) is 0.490. The number of nitrogens with zero attached hydrogens (tertiary/aromatic N) is 2. The smallest absolute Gasteiger partial charge is 0.152 e. The molecule has 132 valence electrons. The molecule has 1 aliphatic rings. The molecule has 1 fully saturated rings. The zero-order valence-corrected chi connectivity index (χ0v) is 15.7. The third kappa shape index (κ3) is 4.18. The quantitative estimate of drug-likeness (QED) is 0.879. The molecule has 1 atom stereocenters. The van der Waals surface area contributed by atoms with E-state index in [-0.39, 0.29) is 30.0 Å². The second kappa shape index (κ2) is 7.68. The lowest BCUT2D eigenvalue weighted by Crippen LogP contribution is -2.16. The lowest BCUT2D eigenvalue weighted by Gasteiger charge is -2.12. The van der Waals surface area contributed by atoms with Gasteiger partial charge >= 0.3 is 0 Å². The molecule has 5 nitrogen and oxygen atoms in total. The Balaban J connectivity index is 0.00000208. The maximum Gasteiger partial charge on any atom is 0.152 e. The van der Waals surface area contributed by atoms with Gasteiger partial charge in [-0.25, -0.2) is 8.42 Å². The van der Waals surface area contributed by atoms with Gasteiger partial charge in [-0.05, 0) is 25.8 Å². The van der Waals surface area contributed by atoms with Crippen molar-refractivity contribution in [1.29, 1.82) is 0 Å². The number of halogens is 1. The first-order valence-corrected chi connectivity index (χ1v) is 9.78. The van der Waals surface area contributed by atoms with E-state index in [0.717, 1.165) is 24.5 Å². The molecule has 0 amide bonds. The minimum atomic E-state index is -2.89. The SMILES string of the molecule is Cc1nn(C2CCS(=O)(=O)C2)c(C)c1CNCc1ccccc1.Cl. The minimum Gasteiger partial charge on any atom is -0.308 e. The van der Waals surface area contributed by atoms with Crippen LogP contribution in [0.15, 0.2) is 30.3 Å². The van der Waals surface area contributed by atoms with Gasteiger partial charge in [-0.3, -0.25) is 4.68 Å². The van der Waals surface area contributed by atoms with Crippen molar-refractivity contribution in [3.63, 3.8) is 0 Å². The highest BCUT2D eigenvalue weighted by molar-refractivity contribution is 7.91. The molecule has 7 heteroatoms. The zero-order chi connectivity index (χ0) is 16.4. The van der Waals surface area contributed by atoms with Crippen LogP contribution in [0.1, 0.15) is 35.0 Å². The van der Waals surface area contributed by atoms with E-state index in [9.17, 15) is 8.42 Å². The largest absolute Gasteiger partial charge is 0.308 e. The summed E-state index contributed by atoms with van der Waals surface area (Å²) in [6.07, 6.45) is 0.668. The standard InChI is InChI=1S/C17H23N3O2S.ClH/c1-13-17(11-18-10-15-6-4-3-5-7-15)14(2)20(19-13)16-8-9-23(21,22)12-16;/h3-7,16,18H,8-12H2,1-2H3;1H. The Hall–Kier alpha value is -1.37. The van der Waals surface area contributed by atoms with Crippen molar-refractivity contribution in [1.82, 2.24) is 15.1 Å². The molecule has 1 aromatic carbocycles. The van der Waals surface area contributed by atoms with Crippen LogP contribution in [0, 0.1) is 13.8 Å². The van der Waals surface area contributed by atoms with Gasteiger partial charge in [-0.1, -0.05) is 30.3 Å². The minimum absolute atomic E-state index is 0. The van der Waals surface area contributed by atoms with E-state index in [1.165, 1.54) is 11.1 Å². The first-order chi connectivity index (χ1) is 11.0. The van der Waals surface area contributed by atoms with Crippen LogP contribution in [0.2, 0.25) is 0 Å². The molecule has 0 spiro atoms. The summed E-state index contributed by atoms with van der Waals surface area (Å²) in [5.41, 5.74) is 4.47. The summed E-state index contributed by atoms with van der Waals surface area (Å²) in [7, 11) is -2.89. The fraction of sp³-hybridized carbons (Fsp3) is 0.471. The van der Waals surface area contributed by atoms with Crippen molar-refractivity contribution >= 4 is 22.2 Å². The predicted octanol–water partition coefficient (Wildman–Crippen LogP) is 2.57. The topological polar surface area (TPSA) is 64.0 Å². The number of hydrogen-bond acceptors (Lipinski definition) is 4. The lowest BCUT2D eigenvalue weighted by atomic mass is 10.1. The van der Waals surface area contributed by atoms with Crippen LogP contribution >= 0.6 is 12.4 Å². The van der Waals surface area contributed by atoms with E-state index in [1.807, 2.05) is 36.7 Å². The fourth-order valence-electron chi connectivity index (χ4n) is 3.20. The number of benzene rings is 1. The van der Waals surface area contributed by atoms with Gasteiger partial charge in [-0.2, -0.15) is 5.10 Å². The van der Waals surface area contributed by atoms with Crippen molar-refractivity contribution < 1.29 is 8.42 Å². The first-order valence-electron chi connectivity index (χ1n) is 7.96. The normalized spacial score (nSPS) is 19.2. The fourth-order valence-corrected chi connectivity index (χ4v) is 4.90. The number of rotatable bonds is 5. The number of aromatic nitrogens is 2. The van der Waals surface area contributed by atoms with Crippen LogP contribution in [0.4, 0.5) is 0 Å². The van der Waals surface area contributed by atoms with Crippen LogP contribution in [0.25, 0.3) is 0 Å². The van der Waals surface area contributed by atoms with E-state index in [4.69, 9.17) is 0 Å². The Bertz CT molecular complexity index is 788. The molecule has 1 N–H and O–H groups in total. The van der Waals surface area contributed by atoms with Gasteiger partial charge < -0.3 is 5.32 Å². The molecule has 1 unspecified atom stereocenters. The van der Waals surface area contributed by atoms with Gasteiger partial charge in [0.1, 0.15) is 0 Å². The predicted molar refractivity (Wildman–Crippen MR) is 98.2 cm³/mol. The molecule has 2 aromatic rings. The Morgan fingerprint density at radius 1 is 1.21 bits per heavy atom. The molecule has 0 bridgehead atoms. The van der Waals surface area contributed by atoms with Crippen LogP contribution in [0.3, 0.4) is 0 Å². The van der Waals surface area contributed by atoms with Crippen LogP contribution in [-0.4, -0.2) is 29.7 Å². The van der Waals surface area contributed by atoms with Gasteiger partial charge in [0.2, 0.25) is 0 Å². The number of aryl methyl sites for hydroxylation is 1. The van der Waals surface area contributed by atoms with Crippen molar-refractivity contribution in [3.05, 3.63) is 52.8 Å². The number of hydrogen-bond donors (Lipinski definition) is 1. The Morgan fingerprint density at radius 3 is 2.54 bits per heavy atom. The monoisotopic (exact) mass is 369 g/mol. The maximum absolute atomic E-state index is 11.7. The molecule has 0 aliphatic carbocycles. The van der Waals surface area contributed by atoms with Gasteiger partial charge in [-0.15, -0.1) is 12.4 Å². The van der Waals surface area contributed by atoms with Gasteiger partial charge in [0.25, 0.3) is 0 Å². The molecule has 1 aromatic heterocycles. The molecule has 1 aliphatic heterocycles. The van der Waals surface area contributed by atoms with Crippen molar-refractivity contribution in [2.24, 2.45) is 0 Å². The Morgan fingerprint density at radius 2 is 1.92 bits per heavy atom. The third-order valence-corrected chi connectivity index (χ3v) is 6.25. The average Bonchev–Trinajstić information content (AvgIpc) is 3.01. The highest BCUT2D eigenvalue weighted by Gasteiger charge is 2.31. The van der Waals surface area contributed by atoms with Gasteiger partial charge in [0.15, 0.2) is 9.84 Å². The van der Waals surface area contributed by atoms with E-state index in [0.29, 0.717) is 6.42 Å². The summed E-state index contributed by atoms with van der Waals surface area (Å²) >= 11 is 0. The van der Waals surface area contributed by atoms with E-state index in [2.05, 4.69) is 22.5 Å². The van der Waals surface area contributed by atoms with Crippen LogP contribution in [0.5, 0.6) is 0 Å². The van der Waals surface area contributed by atoms with E-state index in [1.54, 1.807) is 0 Å². The second-order valence-electron chi connectivity index (χ2n) is 6.24. The first kappa shape index (κ1) is 19.0.